The minimum Gasteiger partial charge on any atom is -0.308 e. The highest BCUT2D eigenvalue weighted by molar-refractivity contribution is 6.14. The number of rotatable bonds is 7. The normalized spacial score (nSPS) is 10.7. The molecular formula is C70H34N12. The Hall–Kier alpha value is -12.9. The van der Waals surface area contributed by atoms with Crippen LogP contribution in [0.3, 0.4) is 0 Å². The van der Waals surface area contributed by atoms with Gasteiger partial charge in [0.05, 0.1) is 107 Å². The maximum atomic E-state index is 11.4. The van der Waals surface area contributed by atoms with E-state index in [2.05, 4.69) is 58.9 Å². The van der Waals surface area contributed by atoms with Crippen LogP contribution in [0.4, 0.5) is 22.7 Å². The van der Waals surface area contributed by atoms with Crippen LogP contribution >= 0.6 is 0 Å². The van der Waals surface area contributed by atoms with Crippen molar-refractivity contribution in [3.63, 3.8) is 0 Å². The van der Waals surface area contributed by atoms with Gasteiger partial charge in [-0.2, -0.15) is 26.3 Å². The molecule has 374 valence electrons. The van der Waals surface area contributed by atoms with E-state index in [-0.39, 0.29) is 0 Å². The molecule has 0 aliphatic rings. The predicted octanol–water partition coefficient (Wildman–Crippen LogP) is 17.8. The number of fused-ring (bicyclic) bond motifs is 6. The Morgan fingerprint density at radius 1 is 0.354 bits per heavy atom. The van der Waals surface area contributed by atoms with Crippen molar-refractivity contribution in [2.24, 2.45) is 0 Å². The van der Waals surface area contributed by atoms with Gasteiger partial charge in [-0.15, -0.1) is 0 Å². The van der Waals surface area contributed by atoms with E-state index in [1.807, 2.05) is 111 Å². The van der Waals surface area contributed by atoms with Gasteiger partial charge in [-0.05, 0) is 143 Å². The molecule has 0 radical (unpaired) electrons. The first kappa shape index (κ1) is 50.0. The highest BCUT2D eigenvalue weighted by atomic mass is 15.0. The third-order valence-corrected chi connectivity index (χ3v) is 14.9. The largest absolute Gasteiger partial charge is 0.308 e. The molecule has 12 heteroatoms. The van der Waals surface area contributed by atoms with Gasteiger partial charge < -0.3 is 9.13 Å². The van der Waals surface area contributed by atoms with E-state index in [1.165, 1.54) is 0 Å². The van der Waals surface area contributed by atoms with Crippen molar-refractivity contribution in [3.05, 3.63) is 255 Å². The van der Waals surface area contributed by atoms with Gasteiger partial charge >= 0.3 is 0 Å². The van der Waals surface area contributed by atoms with Crippen molar-refractivity contribution >= 4 is 66.4 Å². The summed E-state index contributed by atoms with van der Waals surface area (Å²) in [6.45, 7) is 35.6. The molecular weight excluding hydrogens is 1010 g/mol. The lowest BCUT2D eigenvalue weighted by Crippen LogP contribution is -2.06. The van der Waals surface area contributed by atoms with Crippen LogP contribution < -0.4 is 0 Å². The maximum Gasteiger partial charge on any atom is 0.196 e. The Balaban J connectivity index is 1.27. The van der Waals surface area contributed by atoms with Gasteiger partial charge in [0.15, 0.2) is 22.7 Å². The quantitative estimate of drug-likeness (QED) is 0.144. The third-order valence-electron chi connectivity index (χ3n) is 14.9. The zero-order valence-electron chi connectivity index (χ0n) is 43.5. The Labute approximate surface area is 470 Å². The molecule has 3 aromatic heterocycles. The molecule has 0 aliphatic heterocycles. The minimum absolute atomic E-state index is 0.298. The number of aryl methyl sites for hydroxylation is 2. The highest BCUT2D eigenvalue weighted by Crippen LogP contribution is 2.47. The lowest BCUT2D eigenvalue weighted by atomic mass is 9.96. The molecule has 0 aliphatic carbocycles. The molecule has 9 aromatic carbocycles. The summed E-state index contributed by atoms with van der Waals surface area (Å²) in [7, 11) is 0. The van der Waals surface area contributed by atoms with Crippen LogP contribution in [0.1, 0.15) is 39.2 Å². The van der Waals surface area contributed by atoms with Crippen molar-refractivity contribution in [1.82, 2.24) is 14.1 Å². The van der Waals surface area contributed by atoms with Crippen LogP contribution in [0, 0.1) is 96.8 Å². The molecule has 12 rings (SSSR count). The standard InChI is InChI=1S/C70H34N12/c1-40-23-49(24-41(2)80-40)70-68(81-64-30-45(54-15-7-42(35-71)25-50(54)38-74)9-17-58(64)59-18-10-46(31-65(59)81)55-21-13-52(76-3)29-51(55)39-75)27-44(37-73)28-69(70)82-66-32-47(56-16-8-43(36-72)26-62(56)78-5)11-19-60(66)61-20-12-48(33-67(61)82)57-22-14-53(77-4)34-63(57)79-6/h7-34H,1-2H3. The average molecular weight is 1040 g/mol. The fourth-order valence-electron chi connectivity index (χ4n) is 11.3. The lowest BCUT2D eigenvalue weighted by Gasteiger charge is -2.22. The Bertz CT molecular complexity index is 4680. The molecule has 3 heterocycles. The summed E-state index contributed by atoms with van der Waals surface area (Å²) in [5, 5.41) is 55.3. The van der Waals surface area contributed by atoms with Gasteiger partial charge in [-0.1, -0.05) is 91.0 Å². The second-order valence-electron chi connectivity index (χ2n) is 19.6. The van der Waals surface area contributed by atoms with Crippen molar-refractivity contribution in [2.75, 3.05) is 0 Å². The summed E-state index contributed by atoms with van der Waals surface area (Å²) in [6, 6.07) is 63.2. The van der Waals surface area contributed by atoms with Crippen molar-refractivity contribution in [1.29, 1.82) is 26.3 Å². The number of nitrogens with zero attached hydrogens (tertiary/aromatic N) is 12. The molecule has 0 atom stereocenters. The maximum absolute atomic E-state index is 11.4. The van der Waals surface area contributed by atoms with Crippen LogP contribution in [-0.2, 0) is 0 Å². The molecule has 0 bridgehead atoms. The second kappa shape index (κ2) is 19.9. The second-order valence-corrected chi connectivity index (χ2v) is 19.6. The number of pyridine rings is 1. The zero-order chi connectivity index (χ0) is 56.9. The van der Waals surface area contributed by atoms with Crippen LogP contribution in [0.5, 0.6) is 0 Å². The fraction of sp³-hybridized carbons (Fsp3) is 0.0286. The number of hydrogen-bond acceptors (Lipinski definition) is 6. The average Bonchev–Trinajstić information content (AvgIpc) is 2.42. The summed E-state index contributed by atoms with van der Waals surface area (Å²) in [5.41, 5.74) is 15.1. The van der Waals surface area contributed by atoms with Crippen LogP contribution in [0.25, 0.3) is 130 Å². The van der Waals surface area contributed by atoms with Crippen LogP contribution in [0.2, 0.25) is 0 Å². The molecule has 12 nitrogen and oxygen atoms in total. The molecule has 0 N–H and O–H groups in total. The SMILES string of the molecule is [C-]#[N+]c1ccc(-c2ccc3c4ccc(-c5ccc(C#N)cc5C#N)cc4n(-c4cc(C#N)cc(-n5c6cc(-c7ccc(C#N)cc7[N+]#[C-])ccc6c6ccc(-c7ccc([N+]#[C-])cc7[N+]#[C-])cc65)c4-c4cc(C)nc(C)c4)c3c2)c(C#N)c1. The molecule has 0 saturated carbocycles. The number of nitriles is 5. The molecule has 0 spiro atoms. The number of aromatic nitrogens is 3. The van der Waals surface area contributed by atoms with E-state index in [4.69, 9.17) is 31.3 Å². The van der Waals surface area contributed by atoms with Crippen molar-refractivity contribution < 1.29 is 0 Å². The van der Waals surface area contributed by atoms with Gasteiger partial charge in [-0.3, -0.25) is 4.98 Å². The molecule has 12 aromatic rings. The van der Waals surface area contributed by atoms with E-state index < -0.39 is 0 Å². The van der Waals surface area contributed by atoms with Crippen molar-refractivity contribution in [2.45, 2.75) is 13.8 Å². The summed E-state index contributed by atoms with van der Waals surface area (Å²) < 4.78 is 4.23. The van der Waals surface area contributed by atoms with E-state index in [9.17, 15) is 26.3 Å². The minimum atomic E-state index is 0.298. The first-order valence-corrected chi connectivity index (χ1v) is 25.4. The van der Waals surface area contributed by atoms with Gasteiger partial charge in [0.1, 0.15) is 0 Å². The Morgan fingerprint density at radius 3 is 1.18 bits per heavy atom. The predicted molar refractivity (Wildman–Crippen MR) is 318 cm³/mol. The van der Waals surface area contributed by atoms with Crippen LogP contribution in [-0.4, -0.2) is 14.1 Å². The zero-order valence-corrected chi connectivity index (χ0v) is 43.5. The van der Waals surface area contributed by atoms with Gasteiger partial charge in [0.2, 0.25) is 0 Å². The van der Waals surface area contributed by atoms with Gasteiger partial charge in [-0.25, -0.2) is 19.4 Å². The lowest BCUT2D eigenvalue weighted by molar-refractivity contribution is 1.11. The third kappa shape index (κ3) is 8.21. The molecule has 0 saturated heterocycles. The molecule has 0 amide bonds. The summed E-state index contributed by atoms with van der Waals surface area (Å²) in [4.78, 5) is 19.7. The first-order chi connectivity index (χ1) is 40.0. The summed E-state index contributed by atoms with van der Waals surface area (Å²) in [6.07, 6.45) is 0. The van der Waals surface area contributed by atoms with E-state index in [0.717, 1.165) is 38.5 Å². The highest BCUT2D eigenvalue weighted by Gasteiger charge is 2.26. The fourth-order valence-corrected chi connectivity index (χ4v) is 11.3. The smallest absolute Gasteiger partial charge is 0.196 e. The number of hydrogen-bond donors (Lipinski definition) is 0. The Morgan fingerprint density at radius 2 is 0.744 bits per heavy atom. The van der Waals surface area contributed by atoms with Gasteiger partial charge in [0, 0.05) is 49.6 Å². The van der Waals surface area contributed by atoms with E-state index in [0.29, 0.717) is 134 Å². The number of benzene rings is 9. The molecule has 82 heavy (non-hydrogen) atoms. The summed E-state index contributed by atoms with van der Waals surface area (Å²) >= 11 is 0. The molecule has 0 fully saturated rings. The van der Waals surface area contributed by atoms with E-state index >= 15 is 0 Å². The molecule has 0 unspecified atom stereocenters. The topological polar surface area (TPSA) is 159 Å². The van der Waals surface area contributed by atoms with Crippen molar-refractivity contribution in [3.8, 4) is 97.4 Å². The summed E-state index contributed by atoms with van der Waals surface area (Å²) in [5.74, 6) is 0. The Kier molecular flexibility index (Phi) is 12.1. The van der Waals surface area contributed by atoms with Crippen LogP contribution in [0.15, 0.2) is 170 Å². The van der Waals surface area contributed by atoms with Gasteiger partial charge in [0.25, 0.3) is 0 Å². The first-order valence-electron chi connectivity index (χ1n) is 25.4. The van der Waals surface area contributed by atoms with E-state index in [1.54, 1.807) is 72.8 Å². The monoisotopic (exact) mass is 1040 g/mol.